The Kier molecular flexibility index (Phi) is 3.68. The summed E-state index contributed by atoms with van der Waals surface area (Å²) < 4.78 is 0. The first-order chi connectivity index (χ1) is 9.76. The van der Waals surface area contributed by atoms with Crippen molar-refractivity contribution in [2.75, 3.05) is 17.3 Å². The van der Waals surface area contributed by atoms with Crippen molar-refractivity contribution in [1.82, 2.24) is 20.2 Å². The van der Waals surface area contributed by atoms with Crippen molar-refractivity contribution < 1.29 is 0 Å². The van der Waals surface area contributed by atoms with Crippen LogP contribution in [0.5, 0.6) is 0 Å². The Bertz CT molecular complexity index is 571. The summed E-state index contributed by atoms with van der Waals surface area (Å²) in [6.07, 6.45) is 6.96. The molecule has 1 aliphatic rings. The number of anilines is 2. The molecule has 0 radical (unpaired) electrons. The summed E-state index contributed by atoms with van der Waals surface area (Å²) in [6.45, 7) is 3.27. The van der Waals surface area contributed by atoms with E-state index in [0.717, 1.165) is 29.6 Å². The van der Waals surface area contributed by atoms with Crippen LogP contribution in [0.4, 0.5) is 11.8 Å². The van der Waals surface area contributed by atoms with Crippen LogP contribution in [0.25, 0.3) is 11.0 Å². The minimum Gasteiger partial charge on any atom is -0.369 e. The Hall–Kier alpha value is -1.89. The van der Waals surface area contributed by atoms with Crippen molar-refractivity contribution in [2.24, 2.45) is 17.7 Å². The van der Waals surface area contributed by atoms with Gasteiger partial charge < -0.3 is 5.32 Å². The van der Waals surface area contributed by atoms with Gasteiger partial charge in [0.2, 0.25) is 5.95 Å². The fraction of sp³-hybridized carbons (Fsp3) is 0.615. The van der Waals surface area contributed by atoms with Crippen LogP contribution in [0, 0.1) is 11.8 Å². The van der Waals surface area contributed by atoms with E-state index in [2.05, 4.69) is 37.8 Å². The van der Waals surface area contributed by atoms with Gasteiger partial charge in [0.05, 0.1) is 11.6 Å². The van der Waals surface area contributed by atoms with Crippen LogP contribution < -0.4 is 16.6 Å². The molecule has 2 heterocycles. The Balaban J connectivity index is 1.71. The summed E-state index contributed by atoms with van der Waals surface area (Å²) in [5.74, 6) is 8.17. The van der Waals surface area contributed by atoms with Gasteiger partial charge in [-0.25, -0.2) is 5.84 Å². The molecule has 7 heteroatoms. The summed E-state index contributed by atoms with van der Waals surface area (Å²) in [7, 11) is 0. The van der Waals surface area contributed by atoms with Gasteiger partial charge in [-0.2, -0.15) is 15.1 Å². The van der Waals surface area contributed by atoms with Crippen LogP contribution in [0.2, 0.25) is 0 Å². The molecule has 7 nitrogen and oxygen atoms in total. The zero-order valence-corrected chi connectivity index (χ0v) is 11.7. The molecule has 108 valence electrons. The Morgan fingerprint density at radius 2 is 2.10 bits per heavy atom. The molecular weight excluding hydrogens is 254 g/mol. The van der Waals surface area contributed by atoms with Gasteiger partial charge in [-0.3, -0.25) is 10.5 Å². The van der Waals surface area contributed by atoms with E-state index < -0.39 is 0 Å². The largest absolute Gasteiger partial charge is 0.369 e. The maximum Gasteiger partial charge on any atom is 0.241 e. The number of hydrogen-bond donors (Lipinski definition) is 4. The summed E-state index contributed by atoms with van der Waals surface area (Å²) in [5.41, 5.74) is 3.17. The number of aromatic nitrogens is 4. The minimum absolute atomic E-state index is 0.390. The van der Waals surface area contributed by atoms with Gasteiger partial charge in [0, 0.05) is 6.54 Å². The van der Waals surface area contributed by atoms with Crippen LogP contribution in [0.15, 0.2) is 6.20 Å². The fourth-order valence-corrected chi connectivity index (χ4v) is 2.81. The number of fused-ring (bicyclic) bond motifs is 1. The zero-order chi connectivity index (χ0) is 13.9. The molecule has 1 saturated carbocycles. The molecule has 20 heavy (non-hydrogen) atoms. The van der Waals surface area contributed by atoms with E-state index in [0.29, 0.717) is 11.6 Å². The second-order valence-electron chi connectivity index (χ2n) is 5.68. The van der Waals surface area contributed by atoms with E-state index >= 15 is 0 Å². The molecule has 2 aromatic rings. The number of H-pyrrole nitrogens is 1. The summed E-state index contributed by atoms with van der Waals surface area (Å²) in [4.78, 5) is 8.59. The first-order valence-electron chi connectivity index (χ1n) is 7.18. The number of nitrogens with zero attached hydrogens (tertiary/aromatic N) is 3. The quantitative estimate of drug-likeness (QED) is 0.501. The van der Waals surface area contributed by atoms with Crippen molar-refractivity contribution in [3.8, 4) is 0 Å². The number of aromatic amines is 1. The van der Waals surface area contributed by atoms with Gasteiger partial charge >= 0.3 is 0 Å². The fourth-order valence-electron chi connectivity index (χ4n) is 2.81. The smallest absolute Gasteiger partial charge is 0.241 e. The van der Waals surface area contributed by atoms with Crippen LogP contribution in [-0.2, 0) is 0 Å². The number of rotatable bonds is 4. The Labute approximate surface area is 117 Å². The van der Waals surface area contributed by atoms with Crippen molar-refractivity contribution in [3.05, 3.63) is 6.20 Å². The molecule has 0 atom stereocenters. The molecule has 0 saturated heterocycles. The van der Waals surface area contributed by atoms with Crippen LogP contribution in [0.1, 0.15) is 32.6 Å². The zero-order valence-electron chi connectivity index (χ0n) is 11.7. The van der Waals surface area contributed by atoms with Crippen molar-refractivity contribution in [3.63, 3.8) is 0 Å². The first kappa shape index (κ1) is 13.1. The number of nitrogens with two attached hydrogens (primary N) is 1. The highest BCUT2D eigenvalue weighted by Gasteiger charge is 2.18. The Morgan fingerprint density at radius 3 is 2.85 bits per heavy atom. The summed E-state index contributed by atoms with van der Waals surface area (Å²) >= 11 is 0. The van der Waals surface area contributed by atoms with E-state index in [-0.39, 0.29) is 0 Å². The van der Waals surface area contributed by atoms with Crippen molar-refractivity contribution >= 4 is 22.8 Å². The second-order valence-corrected chi connectivity index (χ2v) is 5.68. The van der Waals surface area contributed by atoms with E-state index in [1.807, 2.05) is 0 Å². The molecule has 5 N–H and O–H groups in total. The van der Waals surface area contributed by atoms with Gasteiger partial charge in [-0.15, -0.1) is 0 Å². The molecule has 1 fully saturated rings. The lowest BCUT2D eigenvalue weighted by Crippen LogP contribution is -2.21. The third-order valence-electron chi connectivity index (χ3n) is 4.13. The number of nitrogens with one attached hydrogen (secondary N) is 3. The maximum absolute atomic E-state index is 5.40. The second kappa shape index (κ2) is 5.62. The molecule has 0 unspecified atom stereocenters. The number of nitrogen functional groups attached to an aromatic ring is 1. The van der Waals surface area contributed by atoms with Gasteiger partial charge in [-0.05, 0) is 24.7 Å². The van der Waals surface area contributed by atoms with E-state index in [4.69, 9.17) is 5.84 Å². The highest BCUT2D eigenvalue weighted by atomic mass is 15.3. The lowest BCUT2D eigenvalue weighted by Gasteiger charge is -2.26. The minimum atomic E-state index is 0.390. The normalized spacial score (nSPS) is 22.9. The third-order valence-corrected chi connectivity index (χ3v) is 4.13. The van der Waals surface area contributed by atoms with E-state index in [1.165, 1.54) is 25.7 Å². The average molecular weight is 275 g/mol. The number of hydrazine groups is 1. The van der Waals surface area contributed by atoms with Gasteiger partial charge in [0.15, 0.2) is 5.65 Å². The molecule has 0 amide bonds. The highest BCUT2D eigenvalue weighted by molar-refractivity contribution is 5.86. The van der Waals surface area contributed by atoms with Gasteiger partial charge in [-0.1, -0.05) is 19.8 Å². The molecule has 2 aromatic heterocycles. The predicted molar refractivity (Wildman–Crippen MR) is 79.1 cm³/mol. The third kappa shape index (κ3) is 2.67. The molecule has 0 bridgehead atoms. The molecule has 0 aliphatic heterocycles. The van der Waals surface area contributed by atoms with Crippen LogP contribution in [-0.4, -0.2) is 26.7 Å². The van der Waals surface area contributed by atoms with Gasteiger partial charge in [0.1, 0.15) is 5.82 Å². The standard InChI is InChI=1S/C13H21N7/c1-8-2-4-9(5-3-8)6-15-11-10-7-16-20-12(10)18-13(17-11)19-14/h7-9H,2-6,14H2,1H3,(H3,15,16,17,18,19,20). The summed E-state index contributed by atoms with van der Waals surface area (Å²) in [5, 5.41) is 11.2. The van der Waals surface area contributed by atoms with Crippen molar-refractivity contribution in [2.45, 2.75) is 32.6 Å². The highest BCUT2D eigenvalue weighted by Crippen LogP contribution is 2.29. The van der Waals surface area contributed by atoms with Crippen LogP contribution in [0.3, 0.4) is 0 Å². The Morgan fingerprint density at radius 1 is 1.30 bits per heavy atom. The molecular formula is C13H21N7. The molecule has 0 aromatic carbocycles. The van der Waals surface area contributed by atoms with E-state index in [9.17, 15) is 0 Å². The maximum atomic E-state index is 5.40. The molecule has 0 spiro atoms. The SMILES string of the molecule is CC1CCC(CNc2nc(NN)nc3[nH]ncc23)CC1. The lowest BCUT2D eigenvalue weighted by molar-refractivity contribution is 0.300. The topological polar surface area (TPSA) is 105 Å². The molecule has 1 aliphatic carbocycles. The number of hydrogen-bond acceptors (Lipinski definition) is 6. The summed E-state index contributed by atoms with van der Waals surface area (Å²) in [6, 6.07) is 0. The van der Waals surface area contributed by atoms with Crippen LogP contribution >= 0.6 is 0 Å². The average Bonchev–Trinajstić information content (AvgIpc) is 2.94. The van der Waals surface area contributed by atoms with E-state index in [1.54, 1.807) is 6.20 Å². The lowest BCUT2D eigenvalue weighted by atomic mass is 9.83. The molecule has 3 rings (SSSR count). The predicted octanol–water partition coefficient (Wildman–Crippen LogP) is 1.88. The van der Waals surface area contributed by atoms with Gasteiger partial charge in [0.25, 0.3) is 0 Å². The van der Waals surface area contributed by atoms with Crippen molar-refractivity contribution in [1.29, 1.82) is 0 Å². The first-order valence-corrected chi connectivity index (χ1v) is 7.18. The monoisotopic (exact) mass is 275 g/mol.